The Morgan fingerprint density at radius 3 is 3.28 bits per heavy atom. The highest BCUT2D eigenvalue weighted by Crippen LogP contribution is 2.35. The molecule has 0 saturated carbocycles. The minimum atomic E-state index is 0.620. The Hall–Kier alpha value is -1.53. The van der Waals surface area contributed by atoms with Crippen molar-refractivity contribution in [3.8, 4) is 5.00 Å². The van der Waals surface area contributed by atoms with E-state index in [1.54, 1.807) is 0 Å². The van der Waals surface area contributed by atoms with Gasteiger partial charge in [-0.2, -0.15) is 0 Å². The molecule has 0 saturated heterocycles. The number of aliphatic imine (C=N–C) groups is 1. The van der Waals surface area contributed by atoms with Crippen molar-refractivity contribution in [3.05, 3.63) is 27.7 Å². The standard InChI is InChI=1S/C12H13N5S/c1-7-15-16-11-6-14-4-9-8-2-3-13-5-10(8)18-12(9)17(7)11/h4,13H,2-3,5-6H2,1H3. The first-order chi connectivity index (χ1) is 8.84. The van der Waals surface area contributed by atoms with Gasteiger partial charge in [0.2, 0.25) is 0 Å². The Bertz CT molecular complexity index is 652. The predicted octanol–water partition coefficient (Wildman–Crippen LogP) is 1.22. The molecule has 2 aromatic heterocycles. The smallest absolute Gasteiger partial charge is 0.159 e. The van der Waals surface area contributed by atoms with Gasteiger partial charge in [0.15, 0.2) is 5.82 Å². The van der Waals surface area contributed by atoms with Crippen LogP contribution in [-0.4, -0.2) is 27.5 Å². The van der Waals surface area contributed by atoms with Gasteiger partial charge in [0, 0.05) is 23.2 Å². The van der Waals surface area contributed by atoms with E-state index >= 15 is 0 Å². The van der Waals surface area contributed by atoms with Crippen molar-refractivity contribution in [2.45, 2.75) is 26.4 Å². The fraction of sp³-hybridized carbons (Fsp3) is 0.417. The van der Waals surface area contributed by atoms with Gasteiger partial charge in [-0.3, -0.25) is 9.56 Å². The quantitative estimate of drug-likeness (QED) is 0.774. The lowest BCUT2D eigenvalue weighted by atomic mass is 10.0. The summed E-state index contributed by atoms with van der Waals surface area (Å²) in [5.41, 5.74) is 2.73. The first-order valence-corrected chi connectivity index (χ1v) is 6.92. The summed E-state index contributed by atoms with van der Waals surface area (Å²) in [6.45, 7) is 4.65. The molecule has 4 rings (SSSR count). The van der Waals surface area contributed by atoms with Gasteiger partial charge in [-0.05, 0) is 25.5 Å². The summed E-state index contributed by atoms with van der Waals surface area (Å²) in [7, 11) is 0. The Morgan fingerprint density at radius 2 is 2.33 bits per heavy atom. The lowest BCUT2D eigenvalue weighted by Gasteiger charge is -2.12. The molecule has 0 atom stereocenters. The van der Waals surface area contributed by atoms with Crippen LogP contribution in [0, 0.1) is 6.92 Å². The number of rotatable bonds is 0. The monoisotopic (exact) mass is 259 g/mol. The van der Waals surface area contributed by atoms with Gasteiger partial charge in [0.1, 0.15) is 10.8 Å². The van der Waals surface area contributed by atoms with Crippen molar-refractivity contribution in [2.24, 2.45) is 4.99 Å². The van der Waals surface area contributed by atoms with E-state index in [9.17, 15) is 0 Å². The lowest BCUT2D eigenvalue weighted by Crippen LogP contribution is -2.22. The van der Waals surface area contributed by atoms with Crippen LogP contribution in [0.2, 0.25) is 0 Å². The van der Waals surface area contributed by atoms with Crippen LogP contribution in [-0.2, 0) is 19.5 Å². The summed E-state index contributed by atoms with van der Waals surface area (Å²) < 4.78 is 2.16. The first kappa shape index (κ1) is 10.4. The van der Waals surface area contributed by atoms with Crippen molar-refractivity contribution in [1.82, 2.24) is 20.1 Å². The molecule has 4 heterocycles. The number of nitrogens with one attached hydrogen (secondary N) is 1. The molecule has 0 amide bonds. The van der Waals surface area contributed by atoms with E-state index in [2.05, 4.69) is 25.1 Å². The number of hydrogen-bond donors (Lipinski definition) is 1. The van der Waals surface area contributed by atoms with Crippen LogP contribution in [0.25, 0.3) is 5.00 Å². The van der Waals surface area contributed by atoms with E-state index in [0.717, 1.165) is 31.2 Å². The maximum Gasteiger partial charge on any atom is 0.159 e. The van der Waals surface area contributed by atoms with E-state index < -0.39 is 0 Å². The van der Waals surface area contributed by atoms with Crippen molar-refractivity contribution in [3.63, 3.8) is 0 Å². The molecule has 0 radical (unpaired) electrons. The summed E-state index contributed by atoms with van der Waals surface area (Å²) in [6, 6.07) is 0. The van der Waals surface area contributed by atoms with Crippen LogP contribution >= 0.6 is 11.3 Å². The molecule has 0 bridgehead atoms. The number of thiophene rings is 1. The highest BCUT2D eigenvalue weighted by molar-refractivity contribution is 7.15. The largest absolute Gasteiger partial charge is 0.312 e. The van der Waals surface area contributed by atoms with Crippen LogP contribution in [0.4, 0.5) is 0 Å². The number of hydrogen-bond acceptors (Lipinski definition) is 5. The maximum atomic E-state index is 4.49. The summed E-state index contributed by atoms with van der Waals surface area (Å²) >= 11 is 1.84. The van der Waals surface area contributed by atoms with Gasteiger partial charge in [0.05, 0.1) is 6.54 Å². The molecule has 0 fully saturated rings. The third kappa shape index (κ3) is 1.33. The Labute approximate surface area is 109 Å². The van der Waals surface area contributed by atoms with Crippen LogP contribution in [0.3, 0.4) is 0 Å². The minimum Gasteiger partial charge on any atom is -0.312 e. The van der Waals surface area contributed by atoms with Gasteiger partial charge in [0.25, 0.3) is 0 Å². The molecular formula is C12H13N5S. The van der Waals surface area contributed by atoms with Crippen LogP contribution in [0.15, 0.2) is 4.99 Å². The average molecular weight is 259 g/mol. The second-order valence-electron chi connectivity index (χ2n) is 4.62. The number of aryl methyl sites for hydroxylation is 1. The van der Waals surface area contributed by atoms with Gasteiger partial charge >= 0.3 is 0 Å². The normalized spacial score (nSPS) is 16.9. The van der Waals surface area contributed by atoms with Crippen LogP contribution in [0.5, 0.6) is 0 Å². The fourth-order valence-corrected chi connectivity index (χ4v) is 3.99. The van der Waals surface area contributed by atoms with E-state index in [4.69, 9.17) is 0 Å². The zero-order chi connectivity index (χ0) is 12.1. The molecule has 0 aliphatic carbocycles. The Kier molecular flexibility index (Phi) is 2.15. The van der Waals surface area contributed by atoms with Crippen molar-refractivity contribution < 1.29 is 0 Å². The van der Waals surface area contributed by atoms with E-state index in [1.807, 2.05) is 24.5 Å². The summed E-state index contributed by atoms with van der Waals surface area (Å²) in [4.78, 5) is 5.91. The average Bonchev–Trinajstić information content (AvgIpc) is 2.86. The fourth-order valence-electron chi connectivity index (χ4n) is 2.64. The highest BCUT2D eigenvalue weighted by Gasteiger charge is 2.24. The van der Waals surface area contributed by atoms with E-state index in [-0.39, 0.29) is 0 Å². The topological polar surface area (TPSA) is 55.1 Å². The van der Waals surface area contributed by atoms with Crippen molar-refractivity contribution >= 4 is 17.6 Å². The molecule has 0 spiro atoms. The van der Waals surface area contributed by atoms with Crippen LogP contribution in [0.1, 0.15) is 27.7 Å². The molecule has 5 nitrogen and oxygen atoms in total. The SMILES string of the molecule is Cc1nnc2n1-c1sc3c(c1C=NC2)CCNC3. The minimum absolute atomic E-state index is 0.620. The second kappa shape index (κ2) is 3.73. The molecule has 92 valence electrons. The third-order valence-corrected chi connectivity index (χ3v) is 4.73. The summed E-state index contributed by atoms with van der Waals surface area (Å²) in [6.07, 6.45) is 3.10. The van der Waals surface area contributed by atoms with Gasteiger partial charge in [-0.25, -0.2) is 0 Å². The number of aromatic nitrogens is 3. The van der Waals surface area contributed by atoms with Crippen molar-refractivity contribution in [2.75, 3.05) is 6.54 Å². The molecule has 2 aliphatic heterocycles. The molecular weight excluding hydrogens is 246 g/mol. The zero-order valence-corrected chi connectivity index (χ0v) is 10.9. The molecule has 6 heteroatoms. The molecule has 0 aromatic carbocycles. The highest BCUT2D eigenvalue weighted by atomic mass is 32.1. The molecule has 2 aliphatic rings. The van der Waals surface area contributed by atoms with E-state index in [0.29, 0.717) is 6.54 Å². The Balaban J connectivity index is 2.02. The summed E-state index contributed by atoms with van der Waals surface area (Å²) in [5.74, 6) is 1.89. The lowest BCUT2D eigenvalue weighted by molar-refractivity contribution is 0.654. The summed E-state index contributed by atoms with van der Waals surface area (Å²) in [5, 5.41) is 13.0. The Morgan fingerprint density at radius 1 is 1.39 bits per heavy atom. The van der Waals surface area contributed by atoms with Gasteiger partial charge in [-0.15, -0.1) is 21.5 Å². The molecule has 2 aromatic rings. The number of nitrogens with zero attached hydrogens (tertiary/aromatic N) is 4. The maximum absolute atomic E-state index is 4.49. The first-order valence-electron chi connectivity index (χ1n) is 6.11. The molecule has 0 unspecified atom stereocenters. The zero-order valence-electron chi connectivity index (χ0n) is 10.1. The van der Waals surface area contributed by atoms with E-state index in [1.165, 1.54) is 21.0 Å². The van der Waals surface area contributed by atoms with Crippen molar-refractivity contribution in [1.29, 1.82) is 0 Å². The molecule has 1 N–H and O–H groups in total. The van der Waals surface area contributed by atoms with Gasteiger partial charge in [-0.1, -0.05) is 0 Å². The van der Waals surface area contributed by atoms with Crippen LogP contribution < -0.4 is 5.32 Å². The third-order valence-electron chi connectivity index (χ3n) is 3.50. The predicted molar refractivity (Wildman–Crippen MR) is 70.7 cm³/mol. The second-order valence-corrected chi connectivity index (χ2v) is 5.70. The molecule has 18 heavy (non-hydrogen) atoms. The van der Waals surface area contributed by atoms with Gasteiger partial charge < -0.3 is 5.32 Å². The number of fused-ring (bicyclic) bond motifs is 5.